The summed E-state index contributed by atoms with van der Waals surface area (Å²) < 4.78 is 69.1. The number of anilines is 1. The summed E-state index contributed by atoms with van der Waals surface area (Å²) in [6.07, 6.45) is -0.619. The van der Waals surface area contributed by atoms with E-state index < -0.39 is 28.1 Å². The number of alkyl halides is 3. The quantitative estimate of drug-likeness (QED) is 0.573. The monoisotopic (exact) mass is 473 g/mol. The molecule has 1 aliphatic heterocycles. The highest BCUT2D eigenvalue weighted by molar-refractivity contribution is 7.89. The number of rotatable bonds is 8. The van der Waals surface area contributed by atoms with Gasteiger partial charge in [0, 0.05) is 45.0 Å². The number of aromatic nitrogens is 3. The van der Waals surface area contributed by atoms with Crippen LogP contribution >= 0.6 is 0 Å². The molecule has 2 aromatic heterocycles. The van der Waals surface area contributed by atoms with Crippen LogP contribution in [-0.2, 0) is 14.8 Å². The molecule has 0 spiro atoms. The molecule has 32 heavy (non-hydrogen) atoms. The van der Waals surface area contributed by atoms with Gasteiger partial charge < -0.3 is 9.64 Å². The summed E-state index contributed by atoms with van der Waals surface area (Å²) in [5.41, 5.74) is 0. The zero-order valence-corrected chi connectivity index (χ0v) is 18.0. The summed E-state index contributed by atoms with van der Waals surface area (Å²) in [5.74, 6) is 0.262. The van der Waals surface area contributed by atoms with Crippen LogP contribution in [-0.4, -0.2) is 72.4 Å². The van der Waals surface area contributed by atoms with Gasteiger partial charge in [-0.05, 0) is 25.1 Å². The molecule has 9 nitrogen and oxygen atoms in total. The lowest BCUT2D eigenvalue weighted by atomic mass is 10.2. The molecule has 1 aliphatic rings. The van der Waals surface area contributed by atoms with Crippen LogP contribution < -0.4 is 9.64 Å². The zero-order chi connectivity index (χ0) is 23.4. The highest BCUT2D eigenvalue weighted by Crippen LogP contribution is 2.28. The number of hydrogen-bond acceptors (Lipinski definition) is 8. The van der Waals surface area contributed by atoms with Gasteiger partial charge in [0.1, 0.15) is 28.4 Å². The lowest BCUT2D eigenvalue weighted by Crippen LogP contribution is -2.50. The number of carbonyl (C=O) groups excluding carboxylic acids is 1. The van der Waals surface area contributed by atoms with Crippen molar-refractivity contribution in [3.05, 3.63) is 42.6 Å². The predicted molar refractivity (Wildman–Crippen MR) is 109 cm³/mol. The van der Waals surface area contributed by atoms with E-state index in [0.717, 1.165) is 0 Å². The first kappa shape index (κ1) is 23.9. The highest BCUT2D eigenvalue weighted by Gasteiger charge is 2.37. The molecule has 13 heteroatoms. The van der Waals surface area contributed by atoms with Gasteiger partial charge in [-0.3, -0.25) is 4.79 Å². The van der Waals surface area contributed by atoms with Crippen LogP contribution in [0.5, 0.6) is 5.75 Å². The van der Waals surface area contributed by atoms with E-state index in [1.807, 2.05) is 4.90 Å². The number of halogens is 3. The first-order chi connectivity index (χ1) is 15.1. The number of pyridine rings is 1. The third kappa shape index (κ3) is 6.13. The lowest BCUT2D eigenvalue weighted by molar-refractivity contribution is -0.153. The van der Waals surface area contributed by atoms with Crippen molar-refractivity contribution in [2.75, 3.05) is 37.7 Å². The molecule has 1 saturated heterocycles. The van der Waals surface area contributed by atoms with E-state index in [1.165, 1.54) is 42.0 Å². The molecule has 3 heterocycles. The van der Waals surface area contributed by atoms with E-state index in [-0.39, 0.29) is 36.9 Å². The number of carbonyl (C=O) groups is 1. The molecule has 0 amide bonds. The maximum absolute atomic E-state index is 13.2. The van der Waals surface area contributed by atoms with Crippen molar-refractivity contribution in [1.29, 1.82) is 0 Å². The van der Waals surface area contributed by atoms with E-state index >= 15 is 0 Å². The van der Waals surface area contributed by atoms with E-state index in [2.05, 4.69) is 19.7 Å². The SMILES string of the molecule is CC(=O)CC(c1ncccn1)S(=O)(=O)N1CCN(c2ccc(OCC(F)(F)F)cn2)CC1. The summed E-state index contributed by atoms with van der Waals surface area (Å²) in [4.78, 5) is 25.7. The minimum absolute atomic E-state index is 0.0118. The van der Waals surface area contributed by atoms with Crippen LogP contribution in [0.1, 0.15) is 24.4 Å². The molecule has 1 atom stereocenters. The first-order valence-corrected chi connectivity index (χ1v) is 11.2. The molecule has 0 radical (unpaired) electrons. The Balaban J connectivity index is 1.65. The Morgan fingerprint density at radius 3 is 2.31 bits per heavy atom. The van der Waals surface area contributed by atoms with Crippen LogP contribution in [0.25, 0.3) is 0 Å². The molecule has 0 aliphatic carbocycles. The number of nitrogens with zero attached hydrogens (tertiary/aromatic N) is 5. The lowest BCUT2D eigenvalue weighted by Gasteiger charge is -2.36. The minimum atomic E-state index is -4.44. The molecule has 0 aromatic carbocycles. The summed E-state index contributed by atoms with van der Waals surface area (Å²) in [7, 11) is -3.89. The van der Waals surface area contributed by atoms with Crippen molar-refractivity contribution < 1.29 is 31.1 Å². The second-order valence-electron chi connectivity index (χ2n) is 7.19. The zero-order valence-electron chi connectivity index (χ0n) is 17.2. The van der Waals surface area contributed by atoms with Crippen molar-refractivity contribution in [1.82, 2.24) is 19.3 Å². The van der Waals surface area contributed by atoms with E-state index in [4.69, 9.17) is 0 Å². The van der Waals surface area contributed by atoms with E-state index in [1.54, 1.807) is 6.07 Å². The van der Waals surface area contributed by atoms with Crippen LogP contribution in [0.3, 0.4) is 0 Å². The highest BCUT2D eigenvalue weighted by atomic mass is 32.2. The fraction of sp³-hybridized carbons (Fsp3) is 0.474. The summed E-state index contributed by atoms with van der Waals surface area (Å²) in [6, 6.07) is 4.46. The Bertz CT molecular complexity index is 1010. The van der Waals surface area contributed by atoms with Gasteiger partial charge in [-0.2, -0.15) is 17.5 Å². The molecule has 174 valence electrons. The Morgan fingerprint density at radius 2 is 1.78 bits per heavy atom. The summed E-state index contributed by atoms with van der Waals surface area (Å²) >= 11 is 0. The van der Waals surface area contributed by atoms with Crippen LogP contribution in [0.2, 0.25) is 0 Å². The number of sulfonamides is 1. The average molecular weight is 473 g/mol. The fourth-order valence-corrected chi connectivity index (χ4v) is 5.10. The number of piperazine rings is 1. The molecule has 0 saturated carbocycles. The topological polar surface area (TPSA) is 106 Å². The van der Waals surface area contributed by atoms with Gasteiger partial charge in [0.25, 0.3) is 0 Å². The van der Waals surface area contributed by atoms with Crippen molar-refractivity contribution in [3.63, 3.8) is 0 Å². The third-order valence-electron chi connectivity index (χ3n) is 4.75. The second-order valence-corrected chi connectivity index (χ2v) is 9.30. The molecule has 3 rings (SSSR count). The minimum Gasteiger partial charge on any atom is -0.483 e. The standard InChI is InChI=1S/C19H22F3N5O4S/c1-14(28)11-16(18-23-5-2-6-24-18)32(29,30)27-9-7-26(8-10-27)17-4-3-15(12-25-17)31-13-19(20,21)22/h2-6,12,16H,7-11,13H2,1H3. The van der Waals surface area contributed by atoms with Gasteiger partial charge in [-0.25, -0.2) is 23.4 Å². The maximum Gasteiger partial charge on any atom is 0.422 e. The van der Waals surface area contributed by atoms with Gasteiger partial charge in [-0.15, -0.1) is 0 Å². The molecule has 0 N–H and O–H groups in total. The smallest absolute Gasteiger partial charge is 0.422 e. The van der Waals surface area contributed by atoms with Crippen molar-refractivity contribution in [3.8, 4) is 5.75 Å². The van der Waals surface area contributed by atoms with Crippen molar-refractivity contribution in [2.45, 2.75) is 24.8 Å². The third-order valence-corrected chi connectivity index (χ3v) is 6.93. The van der Waals surface area contributed by atoms with Gasteiger partial charge in [0.15, 0.2) is 6.61 Å². The van der Waals surface area contributed by atoms with E-state index in [0.29, 0.717) is 18.9 Å². The summed E-state index contributed by atoms with van der Waals surface area (Å²) in [6.45, 7) is 0.846. The average Bonchev–Trinajstić information content (AvgIpc) is 2.76. The molecule has 0 bridgehead atoms. The van der Waals surface area contributed by atoms with Crippen molar-refractivity contribution in [2.24, 2.45) is 0 Å². The van der Waals surface area contributed by atoms with Gasteiger partial charge >= 0.3 is 6.18 Å². The molecular weight excluding hydrogens is 451 g/mol. The number of Topliss-reactive ketones (excluding diaryl/α,β-unsaturated/α-hetero) is 1. The summed E-state index contributed by atoms with van der Waals surface area (Å²) in [5, 5.41) is -1.17. The number of ketones is 1. The number of hydrogen-bond donors (Lipinski definition) is 0. The van der Waals surface area contributed by atoms with E-state index in [9.17, 15) is 26.4 Å². The van der Waals surface area contributed by atoms with Crippen molar-refractivity contribution >= 4 is 21.6 Å². The fourth-order valence-electron chi connectivity index (χ4n) is 3.23. The largest absolute Gasteiger partial charge is 0.483 e. The Labute approximate surface area is 183 Å². The van der Waals surface area contributed by atoms with Crippen LogP contribution in [0.15, 0.2) is 36.8 Å². The molecule has 2 aromatic rings. The molecule has 1 fully saturated rings. The normalized spacial score (nSPS) is 16.6. The predicted octanol–water partition coefficient (Wildman–Crippen LogP) is 1.98. The second kappa shape index (κ2) is 9.77. The van der Waals surface area contributed by atoms with Gasteiger partial charge in [0.2, 0.25) is 10.0 Å². The van der Waals surface area contributed by atoms with Crippen LogP contribution in [0, 0.1) is 0 Å². The Kier molecular flexibility index (Phi) is 7.29. The first-order valence-electron chi connectivity index (χ1n) is 9.72. The number of ether oxygens (including phenoxy) is 1. The molecular formula is C19H22F3N5O4S. The maximum atomic E-state index is 13.2. The molecule has 1 unspecified atom stereocenters. The van der Waals surface area contributed by atoms with Crippen LogP contribution in [0.4, 0.5) is 19.0 Å². The Morgan fingerprint density at radius 1 is 1.12 bits per heavy atom. The van der Waals surface area contributed by atoms with Gasteiger partial charge in [0.05, 0.1) is 6.20 Å². The van der Waals surface area contributed by atoms with Gasteiger partial charge in [-0.1, -0.05) is 0 Å². The Hall–Kier alpha value is -2.80.